The molecule has 1 heterocycles. The Morgan fingerprint density at radius 2 is 2.38 bits per heavy atom. The van der Waals surface area contributed by atoms with Crippen molar-refractivity contribution in [1.82, 2.24) is 15.0 Å². The molecular formula is C11H22N4O. The Balaban J connectivity index is 2.80. The van der Waals surface area contributed by atoms with Gasteiger partial charge in [0.1, 0.15) is 5.82 Å². The highest BCUT2D eigenvalue weighted by Gasteiger charge is 2.32. The van der Waals surface area contributed by atoms with Crippen LogP contribution in [-0.4, -0.2) is 28.3 Å². The van der Waals surface area contributed by atoms with Gasteiger partial charge in [-0.05, 0) is 13.3 Å². The van der Waals surface area contributed by atoms with Crippen LogP contribution < -0.4 is 11.3 Å². The summed E-state index contributed by atoms with van der Waals surface area (Å²) in [5, 5.41) is 0. The van der Waals surface area contributed by atoms with E-state index in [-0.39, 0.29) is 11.6 Å². The Kier molecular flexibility index (Phi) is 4.46. The molecule has 0 radical (unpaired) electrons. The van der Waals surface area contributed by atoms with Crippen molar-refractivity contribution >= 4 is 0 Å². The summed E-state index contributed by atoms with van der Waals surface area (Å²) in [6.07, 6.45) is 5.36. The molecule has 0 fully saturated rings. The number of nitrogens with one attached hydrogen (secondary N) is 1. The molecular weight excluding hydrogens is 204 g/mol. The van der Waals surface area contributed by atoms with Crippen molar-refractivity contribution in [2.75, 3.05) is 7.11 Å². The number of nitrogens with two attached hydrogens (primary N) is 1. The van der Waals surface area contributed by atoms with E-state index in [1.165, 1.54) is 0 Å². The molecule has 16 heavy (non-hydrogen) atoms. The van der Waals surface area contributed by atoms with Gasteiger partial charge in [-0.2, -0.15) is 0 Å². The number of hydrogen-bond acceptors (Lipinski definition) is 4. The van der Waals surface area contributed by atoms with Crippen LogP contribution in [0.2, 0.25) is 0 Å². The summed E-state index contributed by atoms with van der Waals surface area (Å²) in [5.74, 6) is 6.61. The van der Waals surface area contributed by atoms with E-state index in [4.69, 9.17) is 10.6 Å². The van der Waals surface area contributed by atoms with Crippen molar-refractivity contribution < 1.29 is 4.74 Å². The average Bonchev–Trinajstić information content (AvgIpc) is 2.70. The lowest BCUT2D eigenvalue weighted by atomic mass is 9.91. The van der Waals surface area contributed by atoms with Crippen molar-refractivity contribution in [3.8, 4) is 0 Å². The number of rotatable bonds is 6. The molecule has 0 aliphatic rings. The summed E-state index contributed by atoms with van der Waals surface area (Å²) in [6.45, 7) is 4.15. The van der Waals surface area contributed by atoms with Crippen molar-refractivity contribution in [1.29, 1.82) is 0 Å². The van der Waals surface area contributed by atoms with Crippen molar-refractivity contribution in [3.05, 3.63) is 18.2 Å². The van der Waals surface area contributed by atoms with Gasteiger partial charge in [0, 0.05) is 33.0 Å². The second-order valence-corrected chi connectivity index (χ2v) is 4.25. The van der Waals surface area contributed by atoms with E-state index in [9.17, 15) is 0 Å². The SMILES string of the molecule is CCC(C)(OC)C(Cc1nccn1C)NN. The van der Waals surface area contributed by atoms with E-state index in [0.29, 0.717) is 0 Å². The first-order valence-electron chi connectivity index (χ1n) is 5.55. The van der Waals surface area contributed by atoms with Crippen molar-refractivity contribution in [2.24, 2.45) is 12.9 Å². The number of hydrogen-bond donors (Lipinski definition) is 2. The minimum absolute atomic E-state index is 0.0450. The molecule has 1 aromatic rings. The van der Waals surface area contributed by atoms with Crippen LogP contribution in [0.4, 0.5) is 0 Å². The second-order valence-electron chi connectivity index (χ2n) is 4.25. The van der Waals surface area contributed by atoms with Crippen LogP contribution in [0.5, 0.6) is 0 Å². The molecule has 0 saturated heterocycles. The number of imidazole rings is 1. The molecule has 2 unspecified atom stereocenters. The molecule has 5 heteroatoms. The van der Waals surface area contributed by atoms with Crippen molar-refractivity contribution in [3.63, 3.8) is 0 Å². The minimum atomic E-state index is -0.277. The van der Waals surface area contributed by atoms with Gasteiger partial charge >= 0.3 is 0 Å². The normalized spacial score (nSPS) is 17.1. The number of ether oxygens (including phenoxy) is 1. The predicted octanol–water partition coefficient (Wildman–Crippen LogP) is 0.610. The number of hydrazine groups is 1. The maximum atomic E-state index is 5.61. The summed E-state index contributed by atoms with van der Waals surface area (Å²) in [5.41, 5.74) is 2.55. The lowest BCUT2D eigenvalue weighted by molar-refractivity contribution is -0.0294. The van der Waals surface area contributed by atoms with Gasteiger partial charge in [0.15, 0.2) is 0 Å². The summed E-state index contributed by atoms with van der Waals surface area (Å²) in [4.78, 5) is 4.30. The highest BCUT2D eigenvalue weighted by molar-refractivity contribution is 4.99. The molecule has 0 spiro atoms. The van der Waals surface area contributed by atoms with Gasteiger partial charge in [-0.25, -0.2) is 4.98 Å². The van der Waals surface area contributed by atoms with Gasteiger partial charge in [-0.15, -0.1) is 0 Å². The maximum Gasteiger partial charge on any atom is 0.110 e. The second kappa shape index (κ2) is 5.43. The van der Waals surface area contributed by atoms with Gasteiger partial charge in [0.25, 0.3) is 0 Å². The molecule has 1 rings (SSSR count). The first kappa shape index (κ1) is 13.2. The van der Waals surface area contributed by atoms with Crippen LogP contribution in [0.15, 0.2) is 12.4 Å². The van der Waals surface area contributed by atoms with Crippen molar-refractivity contribution in [2.45, 2.75) is 38.3 Å². The van der Waals surface area contributed by atoms with Gasteiger partial charge < -0.3 is 9.30 Å². The molecule has 0 bridgehead atoms. The predicted molar refractivity (Wildman–Crippen MR) is 63.7 cm³/mol. The third-order valence-electron chi connectivity index (χ3n) is 3.41. The first-order valence-corrected chi connectivity index (χ1v) is 5.55. The first-order chi connectivity index (χ1) is 7.57. The number of aryl methyl sites for hydroxylation is 1. The summed E-state index contributed by atoms with van der Waals surface area (Å²) in [6, 6.07) is 0.0450. The molecule has 0 aromatic carbocycles. The van der Waals surface area contributed by atoms with E-state index in [0.717, 1.165) is 18.7 Å². The fraction of sp³-hybridized carbons (Fsp3) is 0.727. The van der Waals surface area contributed by atoms with Crippen LogP contribution in [-0.2, 0) is 18.2 Å². The molecule has 3 N–H and O–H groups in total. The van der Waals surface area contributed by atoms with Crippen LogP contribution in [0.3, 0.4) is 0 Å². The van der Waals surface area contributed by atoms with Gasteiger partial charge in [-0.3, -0.25) is 11.3 Å². The third-order valence-corrected chi connectivity index (χ3v) is 3.41. The topological polar surface area (TPSA) is 65.1 Å². The number of nitrogens with zero attached hydrogens (tertiary/aromatic N) is 2. The smallest absolute Gasteiger partial charge is 0.110 e. The van der Waals surface area contributed by atoms with Crippen LogP contribution in [0, 0.1) is 0 Å². The summed E-state index contributed by atoms with van der Waals surface area (Å²) in [7, 11) is 3.69. The van der Waals surface area contributed by atoms with E-state index in [1.807, 2.05) is 17.8 Å². The average molecular weight is 226 g/mol. The zero-order valence-corrected chi connectivity index (χ0v) is 10.5. The van der Waals surface area contributed by atoms with E-state index >= 15 is 0 Å². The third kappa shape index (κ3) is 2.61. The molecule has 5 nitrogen and oxygen atoms in total. The highest BCUT2D eigenvalue weighted by atomic mass is 16.5. The molecule has 0 amide bonds. The molecule has 0 aliphatic carbocycles. The van der Waals surface area contributed by atoms with Crippen LogP contribution in [0.25, 0.3) is 0 Å². The van der Waals surface area contributed by atoms with Crippen LogP contribution in [0.1, 0.15) is 26.1 Å². The van der Waals surface area contributed by atoms with Crippen LogP contribution >= 0.6 is 0 Å². The molecule has 0 saturated carbocycles. The summed E-state index contributed by atoms with van der Waals surface area (Å²) >= 11 is 0. The molecule has 1 aromatic heterocycles. The Hall–Kier alpha value is -0.910. The highest BCUT2D eigenvalue weighted by Crippen LogP contribution is 2.21. The zero-order chi connectivity index (χ0) is 12.2. The minimum Gasteiger partial charge on any atom is -0.377 e. The molecule has 2 atom stereocenters. The fourth-order valence-electron chi connectivity index (χ4n) is 1.76. The Labute approximate surface area is 97.0 Å². The standard InChI is InChI=1S/C11H22N4O/c1-5-11(2,16-4)9(14-12)8-10-13-6-7-15(10)3/h6-7,9,14H,5,8,12H2,1-4H3. The lowest BCUT2D eigenvalue weighted by Crippen LogP contribution is -2.54. The van der Waals surface area contributed by atoms with Gasteiger partial charge in [-0.1, -0.05) is 6.92 Å². The number of aromatic nitrogens is 2. The van der Waals surface area contributed by atoms with E-state index < -0.39 is 0 Å². The quantitative estimate of drug-likeness (QED) is 0.551. The van der Waals surface area contributed by atoms with E-state index in [1.54, 1.807) is 13.3 Å². The Bertz CT molecular complexity index is 320. The molecule has 0 aliphatic heterocycles. The lowest BCUT2D eigenvalue weighted by Gasteiger charge is -2.35. The van der Waals surface area contributed by atoms with E-state index in [2.05, 4.69) is 24.3 Å². The largest absolute Gasteiger partial charge is 0.377 e. The number of methoxy groups -OCH3 is 1. The van der Waals surface area contributed by atoms with Gasteiger partial charge in [0.05, 0.1) is 11.6 Å². The Morgan fingerprint density at radius 1 is 1.69 bits per heavy atom. The monoisotopic (exact) mass is 226 g/mol. The van der Waals surface area contributed by atoms with Gasteiger partial charge in [0.2, 0.25) is 0 Å². The molecule has 92 valence electrons. The fourth-order valence-corrected chi connectivity index (χ4v) is 1.76. The zero-order valence-electron chi connectivity index (χ0n) is 10.5. The summed E-state index contributed by atoms with van der Waals surface area (Å²) < 4.78 is 7.55. The Morgan fingerprint density at radius 3 is 2.75 bits per heavy atom. The maximum absolute atomic E-state index is 5.61.